The smallest absolute Gasteiger partial charge is 0.253 e. The molecule has 0 radical (unpaired) electrons. The summed E-state index contributed by atoms with van der Waals surface area (Å²) in [7, 11) is 1.37. The Hall–Kier alpha value is -2.26. The molecule has 0 aliphatic carbocycles. The minimum atomic E-state index is -1.15. The quantitative estimate of drug-likeness (QED) is 0.140. The monoisotopic (exact) mass is 530 g/mol. The van der Waals surface area contributed by atoms with Gasteiger partial charge in [0.1, 0.15) is 18.5 Å². The number of rotatable bonds is 18. The molecule has 37 heavy (non-hydrogen) atoms. The lowest BCUT2D eigenvalue weighted by atomic mass is 9.91. The molecule has 3 N–H and O–H groups in total. The lowest BCUT2D eigenvalue weighted by Gasteiger charge is -2.40. The highest BCUT2D eigenvalue weighted by Gasteiger charge is 2.42. The largest absolute Gasteiger partial charge is 0.390 e. The first kappa shape index (κ1) is 31.0. The molecule has 210 valence electrons. The van der Waals surface area contributed by atoms with Crippen molar-refractivity contribution in [2.75, 3.05) is 59.8 Å². The van der Waals surface area contributed by atoms with Crippen LogP contribution < -0.4 is 5.32 Å². The number of ether oxygens (including phenoxy) is 5. The van der Waals surface area contributed by atoms with Crippen LogP contribution in [-0.4, -0.2) is 123 Å². The molecule has 2 aliphatic rings. The molecule has 2 aliphatic heterocycles. The topological polar surface area (TPSA) is 170 Å². The summed E-state index contributed by atoms with van der Waals surface area (Å²) in [4.78, 5) is 47.6. The molecular weight excluding hydrogens is 492 g/mol. The fourth-order valence-electron chi connectivity index (χ4n) is 3.74. The van der Waals surface area contributed by atoms with E-state index < -0.39 is 42.3 Å². The lowest BCUT2D eigenvalue weighted by molar-refractivity contribution is -0.282. The van der Waals surface area contributed by atoms with Crippen LogP contribution in [0.4, 0.5) is 0 Å². The number of carbonyl (C=O) groups is 4. The zero-order chi connectivity index (χ0) is 27.2. The van der Waals surface area contributed by atoms with Gasteiger partial charge in [0.25, 0.3) is 11.8 Å². The van der Waals surface area contributed by atoms with Gasteiger partial charge in [0.05, 0.1) is 38.6 Å². The molecule has 3 amide bonds. The zero-order valence-corrected chi connectivity index (χ0v) is 21.3. The number of aliphatic hydroxyl groups is 2. The van der Waals surface area contributed by atoms with Gasteiger partial charge in [0, 0.05) is 57.7 Å². The summed E-state index contributed by atoms with van der Waals surface area (Å²) in [6.07, 6.45) is -0.294. The maximum Gasteiger partial charge on any atom is 0.253 e. The van der Waals surface area contributed by atoms with Crippen molar-refractivity contribution in [2.24, 2.45) is 5.92 Å². The Morgan fingerprint density at radius 3 is 2.35 bits per heavy atom. The number of Topliss-reactive ketones (excluding diaryl/α,β-unsaturated/α-hetero) is 1. The molecule has 0 aromatic carbocycles. The second kappa shape index (κ2) is 16.6. The van der Waals surface area contributed by atoms with E-state index in [1.165, 1.54) is 19.3 Å². The van der Waals surface area contributed by atoms with Crippen LogP contribution >= 0.6 is 0 Å². The van der Waals surface area contributed by atoms with Crippen LogP contribution in [0.2, 0.25) is 0 Å². The Morgan fingerprint density at radius 1 is 1.00 bits per heavy atom. The van der Waals surface area contributed by atoms with E-state index >= 15 is 0 Å². The van der Waals surface area contributed by atoms with Crippen LogP contribution in [0.25, 0.3) is 0 Å². The van der Waals surface area contributed by atoms with Crippen molar-refractivity contribution in [3.63, 3.8) is 0 Å². The van der Waals surface area contributed by atoms with Crippen LogP contribution in [0, 0.1) is 5.92 Å². The minimum Gasteiger partial charge on any atom is -0.390 e. The van der Waals surface area contributed by atoms with Gasteiger partial charge in [0.15, 0.2) is 6.29 Å². The fourth-order valence-corrected chi connectivity index (χ4v) is 3.74. The van der Waals surface area contributed by atoms with Gasteiger partial charge < -0.3 is 39.2 Å². The van der Waals surface area contributed by atoms with E-state index in [2.05, 4.69) is 5.32 Å². The molecule has 2 unspecified atom stereocenters. The third-order valence-electron chi connectivity index (χ3n) is 6.01. The van der Waals surface area contributed by atoms with Crippen LogP contribution in [-0.2, 0) is 42.9 Å². The van der Waals surface area contributed by atoms with E-state index in [1.54, 1.807) is 6.92 Å². The standard InChI is InChI=1S/C24H38N2O11/c1-16-18(37-24(33-2)23(32)22(16)31)14-36-15-19(28)25-8-11-35-13-12-34-10-3-4-17(27)7-9-26-20(29)5-6-21(26)30/h5-6,16,18,22-24,31-32H,3-4,7-15H2,1-2H3,(H,25,28)/t16-,18?,22+,23?,24-/m1/s1. The number of methoxy groups -OCH3 is 1. The van der Waals surface area contributed by atoms with Gasteiger partial charge in [-0.05, 0) is 6.42 Å². The third-order valence-corrected chi connectivity index (χ3v) is 6.01. The molecule has 5 atom stereocenters. The van der Waals surface area contributed by atoms with E-state index in [1.807, 2.05) is 0 Å². The zero-order valence-electron chi connectivity index (χ0n) is 21.3. The first-order valence-electron chi connectivity index (χ1n) is 12.3. The van der Waals surface area contributed by atoms with Crippen LogP contribution in [0.3, 0.4) is 0 Å². The number of aliphatic hydroxyl groups excluding tert-OH is 2. The maximum absolute atomic E-state index is 11.9. The summed E-state index contributed by atoms with van der Waals surface area (Å²) in [5, 5.41) is 22.6. The molecule has 1 fully saturated rings. The average Bonchev–Trinajstić information content (AvgIpc) is 3.20. The Kier molecular flexibility index (Phi) is 13.9. The first-order chi connectivity index (χ1) is 17.7. The molecule has 0 saturated carbocycles. The molecule has 1 saturated heterocycles. The lowest BCUT2D eigenvalue weighted by Crippen LogP contribution is -2.55. The van der Waals surface area contributed by atoms with Gasteiger partial charge in [-0.15, -0.1) is 0 Å². The van der Waals surface area contributed by atoms with Crippen molar-refractivity contribution in [1.82, 2.24) is 10.2 Å². The van der Waals surface area contributed by atoms with Crippen LogP contribution in [0.1, 0.15) is 26.2 Å². The van der Waals surface area contributed by atoms with Crippen LogP contribution in [0.15, 0.2) is 12.2 Å². The molecule has 0 aromatic heterocycles. The fraction of sp³-hybridized carbons (Fsp3) is 0.750. The number of hydrogen-bond donors (Lipinski definition) is 3. The van der Waals surface area contributed by atoms with Crippen molar-refractivity contribution >= 4 is 23.5 Å². The van der Waals surface area contributed by atoms with E-state index in [-0.39, 0.29) is 37.9 Å². The number of amides is 3. The number of nitrogens with zero attached hydrogens (tertiary/aromatic N) is 1. The predicted octanol–water partition coefficient (Wildman–Crippen LogP) is -1.45. The highest BCUT2D eigenvalue weighted by atomic mass is 16.7. The molecule has 2 rings (SSSR count). The molecule has 0 bridgehead atoms. The summed E-state index contributed by atoms with van der Waals surface area (Å²) in [6, 6.07) is 0. The highest BCUT2D eigenvalue weighted by Crippen LogP contribution is 2.26. The summed E-state index contributed by atoms with van der Waals surface area (Å²) in [6.45, 7) is 3.33. The van der Waals surface area contributed by atoms with Crippen molar-refractivity contribution in [2.45, 2.75) is 50.8 Å². The third kappa shape index (κ3) is 10.6. The molecular formula is C24H38N2O11. The van der Waals surface area contributed by atoms with Crippen molar-refractivity contribution in [1.29, 1.82) is 0 Å². The molecule has 13 nitrogen and oxygen atoms in total. The van der Waals surface area contributed by atoms with Gasteiger partial charge in [-0.3, -0.25) is 24.1 Å². The average molecular weight is 531 g/mol. The number of nitrogens with one attached hydrogen (secondary N) is 1. The second-order valence-electron chi connectivity index (χ2n) is 8.76. The molecule has 0 spiro atoms. The molecule has 2 heterocycles. The minimum absolute atomic E-state index is 0.0385. The Bertz CT molecular complexity index is 771. The normalized spacial score (nSPS) is 25.6. The Balaban J connectivity index is 1.39. The van der Waals surface area contributed by atoms with Gasteiger partial charge in [-0.1, -0.05) is 6.92 Å². The van der Waals surface area contributed by atoms with Gasteiger partial charge in [-0.25, -0.2) is 0 Å². The van der Waals surface area contributed by atoms with E-state index in [9.17, 15) is 29.4 Å². The van der Waals surface area contributed by atoms with Crippen molar-refractivity contribution < 1.29 is 53.1 Å². The summed E-state index contributed by atoms with van der Waals surface area (Å²) >= 11 is 0. The Morgan fingerprint density at radius 2 is 1.68 bits per heavy atom. The maximum atomic E-state index is 11.9. The molecule has 0 aromatic rings. The van der Waals surface area contributed by atoms with Gasteiger partial charge >= 0.3 is 0 Å². The van der Waals surface area contributed by atoms with Gasteiger partial charge in [-0.2, -0.15) is 0 Å². The summed E-state index contributed by atoms with van der Waals surface area (Å²) < 4.78 is 26.7. The summed E-state index contributed by atoms with van der Waals surface area (Å²) in [5.74, 6) is -1.54. The number of carbonyl (C=O) groups excluding carboxylic acids is 4. The number of hydrogen-bond acceptors (Lipinski definition) is 11. The Labute approximate surface area is 216 Å². The highest BCUT2D eigenvalue weighted by molar-refractivity contribution is 6.13. The van der Waals surface area contributed by atoms with E-state index in [0.717, 1.165) is 4.90 Å². The molecule has 13 heteroatoms. The van der Waals surface area contributed by atoms with Crippen molar-refractivity contribution in [3.8, 4) is 0 Å². The number of imide groups is 1. The summed E-state index contributed by atoms with van der Waals surface area (Å²) in [5.41, 5.74) is 0. The van der Waals surface area contributed by atoms with Crippen molar-refractivity contribution in [3.05, 3.63) is 12.2 Å². The SMILES string of the molecule is CO[C@@H]1OC(COCC(=O)NCCOCCOCCCC(=O)CCN2C(=O)C=CC2=O)[C@@H](C)[C@H](O)C1O. The van der Waals surface area contributed by atoms with E-state index in [4.69, 9.17) is 23.7 Å². The first-order valence-corrected chi connectivity index (χ1v) is 12.3. The number of ketones is 1. The van der Waals surface area contributed by atoms with Crippen LogP contribution in [0.5, 0.6) is 0 Å². The predicted molar refractivity (Wildman–Crippen MR) is 127 cm³/mol. The van der Waals surface area contributed by atoms with Gasteiger partial charge in [0.2, 0.25) is 5.91 Å². The second-order valence-corrected chi connectivity index (χ2v) is 8.76. The van der Waals surface area contributed by atoms with E-state index in [0.29, 0.717) is 45.8 Å².